The molecule has 3 heterocycles. The molecule has 3 aromatic rings. The van der Waals surface area contributed by atoms with E-state index in [1.807, 2.05) is 0 Å². The van der Waals surface area contributed by atoms with Crippen LogP contribution in [0.25, 0.3) is 10.9 Å². The number of fused-ring (bicyclic) bond motifs is 7. The van der Waals surface area contributed by atoms with Gasteiger partial charge in [0.25, 0.3) is 0 Å². The smallest absolute Gasteiger partial charge is 0.119 e. The lowest BCUT2D eigenvalue weighted by molar-refractivity contribution is 0.266. The molecule has 1 atom stereocenters. The van der Waals surface area contributed by atoms with E-state index in [1.165, 1.54) is 27.8 Å². The third kappa shape index (κ3) is 2.24. The number of hydrogen-bond donors (Lipinski definition) is 0. The highest BCUT2D eigenvalue weighted by Crippen LogP contribution is 2.39. The van der Waals surface area contributed by atoms with E-state index < -0.39 is 0 Å². The van der Waals surface area contributed by atoms with Crippen molar-refractivity contribution < 1.29 is 4.74 Å². The monoisotopic (exact) mass is 333 g/mol. The van der Waals surface area contributed by atoms with Crippen LogP contribution in [0, 0.1) is 0 Å². The fraction of sp³-hybridized carbons (Fsp3) is 0.333. The summed E-state index contributed by atoms with van der Waals surface area (Å²) in [5.74, 6) is 0.922. The van der Waals surface area contributed by atoms with Crippen molar-refractivity contribution in [1.82, 2.24) is 9.47 Å². The van der Waals surface area contributed by atoms with Gasteiger partial charge in [0.2, 0.25) is 0 Å². The molecule has 4 nitrogen and oxygen atoms in total. The minimum atomic E-state index is 0.390. The molecule has 4 heteroatoms. The Labute approximate surface area is 148 Å². The summed E-state index contributed by atoms with van der Waals surface area (Å²) in [6.07, 6.45) is 0. The van der Waals surface area contributed by atoms with E-state index >= 15 is 0 Å². The van der Waals surface area contributed by atoms with Gasteiger partial charge in [0.15, 0.2) is 0 Å². The molecule has 2 aliphatic heterocycles. The second kappa shape index (κ2) is 5.53. The molecular formula is C21H23N3O. The Hall–Kier alpha value is -2.46. The molecule has 0 spiro atoms. The Morgan fingerprint density at radius 2 is 1.92 bits per heavy atom. The lowest BCUT2D eigenvalue weighted by atomic mass is 10.1. The van der Waals surface area contributed by atoms with E-state index in [-0.39, 0.29) is 0 Å². The lowest BCUT2D eigenvalue weighted by Crippen LogP contribution is -2.47. The molecule has 0 N–H and O–H groups in total. The van der Waals surface area contributed by atoms with Crippen LogP contribution in [0.5, 0.6) is 5.75 Å². The van der Waals surface area contributed by atoms with Crippen molar-refractivity contribution in [1.29, 1.82) is 0 Å². The first-order valence-electron chi connectivity index (χ1n) is 8.95. The Bertz CT molecular complexity index is 945. The molecule has 0 saturated carbocycles. The number of anilines is 1. The molecule has 1 unspecified atom stereocenters. The molecule has 128 valence electrons. The number of nitrogens with zero attached hydrogens (tertiary/aromatic N) is 3. The minimum Gasteiger partial charge on any atom is -0.497 e. The highest BCUT2D eigenvalue weighted by atomic mass is 16.5. The van der Waals surface area contributed by atoms with Crippen LogP contribution in [0.1, 0.15) is 17.3 Å². The summed E-state index contributed by atoms with van der Waals surface area (Å²) in [5.41, 5.74) is 5.50. The van der Waals surface area contributed by atoms with E-state index in [4.69, 9.17) is 4.74 Å². The van der Waals surface area contributed by atoms with Crippen LogP contribution in [0.4, 0.5) is 5.69 Å². The van der Waals surface area contributed by atoms with Gasteiger partial charge in [0.1, 0.15) is 5.75 Å². The average molecular weight is 333 g/mol. The number of likely N-dealkylation sites (N-methyl/N-ethyl adjacent to an activating group) is 1. The number of benzene rings is 2. The number of para-hydroxylation sites is 1. The summed E-state index contributed by atoms with van der Waals surface area (Å²) < 4.78 is 7.93. The van der Waals surface area contributed by atoms with Crippen LogP contribution in [-0.4, -0.2) is 43.3 Å². The van der Waals surface area contributed by atoms with Crippen LogP contribution in [-0.2, 0) is 6.54 Å². The molecular weight excluding hydrogens is 310 g/mol. The van der Waals surface area contributed by atoms with Gasteiger partial charge in [0.05, 0.1) is 13.2 Å². The van der Waals surface area contributed by atoms with Gasteiger partial charge in [-0.05, 0) is 42.9 Å². The zero-order valence-corrected chi connectivity index (χ0v) is 14.8. The molecule has 1 fully saturated rings. The van der Waals surface area contributed by atoms with Crippen molar-refractivity contribution in [2.75, 3.05) is 38.7 Å². The number of aromatic nitrogens is 1. The molecule has 0 bridgehead atoms. The number of hydrogen-bond acceptors (Lipinski definition) is 3. The van der Waals surface area contributed by atoms with Gasteiger partial charge in [-0.25, -0.2) is 0 Å². The lowest BCUT2D eigenvalue weighted by Gasteiger charge is -2.41. The van der Waals surface area contributed by atoms with Crippen LogP contribution in [0.2, 0.25) is 0 Å². The van der Waals surface area contributed by atoms with Gasteiger partial charge >= 0.3 is 0 Å². The van der Waals surface area contributed by atoms with Crippen molar-refractivity contribution in [2.24, 2.45) is 0 Å². The van der Waals surface area contributed by atoms with Gasteiger partial charge < -0.3 is 19.1 Å². The Morgan fingerprint density at radius 3 is 2.80 bits per heavy atom. The van der Waals surface area contributed by atoms with E-state index in [0.29, 0.717) is 6.04 Å². The highest BCUT2D eigenvalue weighted by molar-refractivity contribution is 5.84. The highest BCUT2D eigenvalue weighted by Gasteiger charge is 2.33. The van der Waals surface area contributed by atoms with Gasteiger partial charge in [-0.3, -0.25) is 0 Å². The number of ether oxygens (including phenoxy) is 1. The molecule has 1 saturated heterocycles. The third-order valence-corrected chi connectivity index (χ3v) is 5.69. The standard InChI is InChI=1S/C21H23N3O/c1-22-9-10-23-18-6-4-3-5-15(18)13-24-19-8-7-17(25-2)11-16(19)12-20(24)21(23)14-22/h3-8,11-12,21H,9-10,13-14H2,1-2H3. The molecule has 5 rings (SSSR count). The largest absolute Gasteiger partial charge is 0.497 e. The maximum Gasteiger partial charge on any atom is 0.119 e. The first kappa shape index (κ1) is 14.8. The molecule has 0 amide bonds. The van der Waals surface area contributed by atoms with Crippen LogP contribution in [0.3, 0.4) is 0 Å². The predicted molar refractivity (Wildman–Crippen MR) is 102 cm³/mol. The number of methoxy groups -OCH3 is 1. The SMILES string of the molecule is COc1ccc2c(c1)cc1n2Cc2ccccc2N2CCN(C)CC12. The zero-order valence-electron chi connectivity index (χ0n) is 14.8. The maximum absolute atomic E-state index is 5.43. The van der Waals surface area contributed by atoms with Crippen molar-refractivity contribution in [3.63, 3.8) is 0 Å². The molecule has 0 radical (unpaired) electrons. The maximum atomic E-state index is 5.43. The summed E-state index contributed by atoms with van der Waals surface area (Å²) in [4.78, 5) is 5.04. The van der Waals surface area contributed by atoms with Crippen LogP contribution in [0.15, 0.2) is 48.5 Å². The minimum absolute atomic E-state index is 0.390. The predicted octanol–water partition coefficient (Wildman–Crippen LogP) is 3.50. The topological polar surface area (TPSA) is 20.6 Å². The Balaban J connectivity index is 1.75. The molecule has 0 aliphatic carbocycles. The number of rotatable bonds is 1. The number of piperazine rings is 1. The van der Waals surface area contributed by atoms with Crippen molar-refractivity contribution in [2.45, 2.75) is 12.6 Å². The van der Waals surface area contributed by atoms with Gasteiger partial charge in [-0.2, -0.15) is 0 Å². The normalized spacial score (nSPS) is 19.9. The van der Waals surface area contributed by atoms with Gasteiger partial charge in [-0.15, -0.1) is 0 Å². The fourth-order valence-electron chi connectivity index (χ4n) is 4.41. The summed E-state index contributed by atoms with van der Waals surface area (Å²) in [6, 6.07) is 18.0. The van der Waals surface area contributed by atoms with E-state index in [1.54, 1.807) is 7.11 Å². The molecule has 2 aromatic carbocycles. The zero-order chi connectivity index (χ0) is 17.0. The van der Waals surface area contributed by atoms with Crippen molar-refractivity contribution in [3.05, 3.63) is 59.8 Å². The van der Waals surface area contributed by atoms with Crippen LogP contribution >= 0.6 is 0 Å². The quantitative estimate of drug-likeness (QED) is 0.680. The summed E-state index contributed by atoms with van der Waals surface area (Å²) in [5, 5.41) is 1.27. The molecule has 25 heavy (non-hydrogen) atoms. The average Bonchev–Trinajstić information content (AvgIpc) is 2.93. The summed E-state index contributed by atoms with van der Waals surface area (Å²) in [6.45, 7) is 4.17. The van der Waals surface area contributed by atoms with Gasteiger partial charge in [0, 0.05) is 48.5 Å². The fourth-order valence-corrected chi connectivity index (χ4v) is 4.41. The Morgan fingerprint density at radius 1 is 1.04 bits per heavy atom. The van der Waals surface area contributed by atoms with Crippen molar-refractivity contribution >= 4 is 16.6 Å². The second-order valence-corrected chi connectivity index (χ2v) is 7.18. The molecule has 2 aliphatic rings. The summed E-state index contributed by atoms with van der Waals surface area (Å²) >= 11 is 0. The molecule has 1 aromatic heterocycles. The van der Waals surface area contributed by atoms with Gasteiger partial charge in [-0.1, -0.05) is 18.2 Å². The van der Waals surface area contributed by atoms with E-state index in [0.717, 1.165) is 31.9 Å². The first-order chi connectivity index (χ1) is 12.2. The Kier molecular flexibility index (Phi) is 3.28. The van der Waals surface area contributed by atoms with Crippen LogP contribution < -0.4 is 9.64 Å². The third-order valence-electron chi connectivity index (χ3n) is 5.69. The van der Waals surface area contributed by atoms with E-state index in [2.05, 4.69) is 69.9 Å². The summed E-state index contributed by atoms with van der Waals surface area (Å²) in [7, 11) is 3.96. The van der Waals surface area contributed by atoms with E-state index in [9.17, 15) is 0 Å². The van der Waals surface area contributed by atoms with Crippen molar-refractivity contribution in [3.8, 4) is 5.75 Å². The second-order valence-electron chi connectivity index (χ2n) is 7.18. The first-order valence-corrected chi connectivity index (χ1v) is 8.95.